The van der Waals surface area contributed by atoms with Gasteiger partial charge in [0.25, 0.3) is 5.91 Å². The predicted octanol–water partition coefficient (Wildman–Crippen LogP) is 2.62. The van der Waals surface area contributed by atoms with Crippen molar-refractivity contribution in [2.45, 2.75) is 25.6 Å². The van der Waals surface area contributed by atoms with Crippen LogP contribution in [0.25, 0.3) is 5.69 Å². The van der Waals surface area contributed by atoms with Gasteiger partial charge in [-0.15, -0.1) is 0 Å². The number of hydrogen-bond donors (Lipinski definition) is 2. The Kier molecular flexibility index (Phi) is 4.80. The Hall–Kier alpha value is -2.35. The number of rotatable bonds is 3. The number of aromatic nitrogens is 2. The fourth-order valence-corrected chi connectivity index (χ4v) is 2.84. The number of hydrogen-bond acceptors (Lipinski definition) is 3. The maximum atomic E-state index is 12.7. The molecule has 2 atom stereocenters. The normalized spacial score (nSPS) is 21.1. The topological polar surface area (TPSA) is 58.9 Å². The fraction of sp³-hybridized carbons (Fsp3) is 0.412. The van der Waals surface area contributed by atoms with E-state index < -0.39 is 11.9 Å². The maximum absolute atomic E-state index is 12.7. The van der Waals surface area contributed by atoms with Crippen LogP contribution in [0.5, 0.6) is 0 Å². The van der Waals surface area contributed by atoms with Crippen LogP contribution in [0.15, 0.2) is 36.5 Å². The summed E-state index contributed by atoms with van der Waals surface area (Å²) in [6.45, 7) is 3.73. The SMILES string of the molecule is CC1CCNCC1NC(=O)c1cccc(-n2ccc(C(F)(F)F)n2)c1. The lowest BCUT2D eigenvalue weighted by Gasteiger charge is -2.30. The highest BCUT2D eigenvalue weighted by atomic mass is 19.4. The molecule has 2 N–H and O–H groups in total. The number of nitrogens with one attached hydrogen (secondary N) is 2. The average molecular weight is 352 g/mol. The summed E-state index contributed by atoms with van der Waals surface area (Å²) in [5.41, 5.74) is -0.179. The first-order chi connectivity index (χ1) is 11.8. The van der Waals surface area contributed by atoms with E-state index in [0.29, 0.717) is 23.7 Å². The molecular formula is C17H19F3N4O. The van der Waals surface area contributed by atoms with Gasteiger partial charge in [0.05, 0.1) is 5.69 Å². The van der Waals surface area contributed by atoms with Crippen LogP contribution < -0.4 is 10.6 Å². The van der Waals surface area contributed by atoms with E-state index in [9.17, 15) is 18.0 Å². The Morgan fingerprint density at radius 3 is 2.84 bits per heavy atom. The quantitative estimate of drug-likeness (QED) is 0.893. The Labute approximate surface area is 143 Å². The molecule has 2 heterocycles. The Bertz CT molecular complexity index is 756. The summed E-state index contributed by atoms with van der Waals surface area (Å²) >= 11 is 0. The van der Waals surface area contributed by atoms with Crippen molar-refractivity contribution in [3.63, 3.8) is 0 Å². The summed E-state index contributed by atoms with van der Waals surface area (Å²) in [7, 11) is 0. The summed E-state index contributed by atoms with van der Waals surface area (Å²) in [6.07, 6.45) is -2.28. The number of piperidine rings is 1. The third-order valence-electron chi connectivity index (χ3n) is 4.40. The van der Waals surface area contributed by atoms with Gasteiger partial charge >= 0.3 is 6.18 Å². The minimum Gasteiger partial charge on any atom is -0.348 e. The molecule has 25 heavy (non-hydrogen) atoms. The molecule has 1 aliphatic rings. The van der Waals surface area contributed by atoms with E-state index in [4.69, 9.17) is 0 Å². The molecular weight excluding hydrogens is 333 g/mol. The van der Waals surface area contributed by atoms with Crippen LogP contribution in [0, 0.1) is 5.92 Å². The van der Waals surface area contributed by atoms with Crippen LogP contribution in [0.4, 0.5) is 13.2 Å². The van der Waals surface area contributed by atoms with Gasteiger partial charge in [0, 0.05) is 24.3 Å². The third-order valence-corrected chi connectivity index (χ3v) is 4.40. The summed E-state index contributed by atoms with van der Waals surface area (Å²) in [5.74, 6) is 0.124. The van der Waals surface area contributed by atoms with Crippen molar-refractivity contribution in [1.82, 2.24) is 20.4 Å². The van der Waals surface area contributed by atoms with Gasteiger partial charge in [-0.3, -0.25) is 4.79 Å². The summed E-state index contributed by atoms with van der Waals surface area (Å²) in [6, 6.07) is 7.34. The molecule has 1 fully saturated rings. The first-order valence-corrected chi connectivity index (χ1v) is 8.09. The number of carbonyl (C=O) groups excluding carboxylic acids is 1. The van der Waals surface area contributed by atoms with Gasteiger partial charge < -0.3 is 10.6 Å². The number of amides is 1. The minimum absolute atomic E-state index is 0.0337. The first-order valence-electron chi connectivity index (χ1n) is 8.09. The van der Waals surface area contributed by atoms with Crippen LogP contribution in [0.3, 0.4) is 0 Å². The standard InChI is InChI=1S/C17H19F3N4O/c1-11-5-7-21-10-14(11)22-16(25)12-3-2-4-13(9-12)24-8-6-15(23-24)17(18,19)20/h2-4,6,8-9,11,14,21H,5,7,10H2,1H3,(H,22,25). The molecule has 3 rings (SSSR count). The van der Waals surface area contributed by atoms with Crippen molar-refractivity contribution in [2.75, 3.05) is 13.1 Å². The van der Waals surface area contributed by atoms with E-state index in [1.807, 2.05) is 0 Å². The van der Waals surface area contributed by atoms with Crippen LogP contribution >= 0.6 is 0 Å². The maximum Gasteiger partial charge on any atom is 0.435 e. The van der Waals surface area contributed by atoms with Gasteiger partial charge in [-0.05, 0) is 43.1 Å². The zero-order chi connectivity index (χ0) is 18.0. The number of carbonyl (C=O) groups is 1. The molecule has 2 aromatic rings. The number of nitrogens with zero attached hydrogens (tertiary/aromatic N) is 2. The molecule has 134 valence electrons. The van der Waals surface area contributed by atoms with Gasteiger partial charge in [0.15, 0.2) is 5.69 Å². The second-order valence-electron chi connectivity index (χ2n) is 6.24. The van der Waals surface area contributed by atoms with E-state index in [0.717, 1.165) is 23.7 Å². The molecule has 2 unspecified atom stereocenters. The predicted molar refractivity (Wildman–Crippen MR) is 86.5 cm³/mol. The Morgan fingerprint density at radius 2 is 2.16 bits per heavy atom. The molecule has 1 saturated heterocycles. The highest BCUT2D eigenvalue weighted by Gasteiger charge is 2.33. The molecule has 0 spiro atoms. The lowest BCUT2D eigenvalue weighted by molar-refractivity contribution is -0.141. The summed E-state index contributed by atoms with van der Waals surface area (Å²) in [5, 5.41) is 9.75. The van der Waals surface area contributed by atoms with E-state index in [1.165, 1.54) is 12.3 Å². The van der Waals surface area contributed by atoms with Crippen molar-refractivity contribution in [1.29, 1.82) is 0 Å². The van der Waals surface area contributed by atoms with Crippen LogP contribution in [0.1, 0.15) is 29.4 Å². The monoisotopic (exact) mass is 352 g/mol. The molecule has 1 aromatic carbocycles. The van der Waals surface area contributed by atoms with Crippen molar-refractivity contribution in [3.8, 4) is 5.69 Å². The largest absolute Gasteiger partial charge is 0.435 e. The van der Waals surface area contributed by atoms with Crippen molar-refractivity contribution < 1.29 is 18.0 Å². The highest BCUT2D eigenvalue weighted by molar-refractivity contribution is 5.95. The molecule has 1 amide bonds. The van der Waals surface area contributed by atoms with Gasteiger partial charge in [0.1, 0.15) is 0 Å². The van der Waals surface area contributed by atoms with Crippen molar-refractivity contribution >= 4 is 5.91 Å². The number of halogens is 3. The zero-order valence-corrected chi connectivity index (χ0v) is 13.7. The molecule has 0 radical (unpaired) electrons. The second kappa shape index (κ2) is 6.87. The number of benzene rings is 1. The second-order valence-corrected chi connectivity index (χ2v) is 6.24. The van der Waals surface area contributed by atoms with Crippen LogP contribution in [-0.4, -0.2) is 34.8 Å². The Balaban J connectivity index is 1.77. The third kappa shape index (κ3) is 4.01. The van der Waals surface area contributed by atoms with Crippen molar-refractivity contribution in [2.24, 2.45) is 5.92 Å². The van der Waals surface area contributed by atoms with Crippen LogP contribution in [-0.2, 0) is 6.18 Å². The molecule has 0 aliphatic carbocycles. The summed E-state index contributed by atoms with van der Waals surface area (Å²) in [4.78, 5) is 12.5. The Morgan fingerprint density at radius 1 is 1.36 bits per heavy atom. The van der Waals surface area contributed by atoms with E-state index in [1.54, 1.807) is 18.2 Å². The molecule has 0 bridgehead atoms. The molecule has 0 saturated carbocycles. The van der Waals surface area contributed by atoms with Gasteiger partial charge in [-0.2, -0.15) is 18.3 Å². The molecule has 8 heteroatoms. The van der Waals surface area contributed by atoms with E-state index >= 15 is 0 Å². The van der Waals surface area contributed by atoms with E-state index in [2.05, 4.69) is 22.7 Å². The smallest absolute Gasteiger partial charge is 0.348 e. The van der Waals surface area contributed by atoms with Gasteiger partial charge in [0.2, 0.25) is 0 Å². The number of alkyl halides is 3. The lowest BCUT2D eigenvalue weighted by atomic mass is 9.94. The first kappa shape index (κ1) is 17.5. The van der Waals surface area contributed by atoms with E-state index in [-0.39, 0.29) is 11.9 Å². The lowest BCUT2D eigenvalue weighted by Crippen LogP contribution is -2.50. The molecule has 5 nitrogen and oxygen atoms in total. The summed E-state index contributed by atoms with van der Waals surface area (Å²) < 4.78 is 39.1. The minimum atomic E-state index is -4.50. The van der Waals surface area contributed by atoms with Gasteiger partial charge in [-0.25, -0.2) is 4.68 Å². The fourth-order valence-electron chi connectivity index (χ4n) is 2.84. The molecule has 1 aliphatic heterocycles. The zero-order valence-electron chi connectivity index (χ0n) is 13.7. The van der Waals surface area contributed by atoms with Crippen molar-refractivity contribution in [3.05, 3.63) is 47.8 Å². The highest BCUT2D eigenvalue weighted by Crippen LogP contribution is 2.28. The molecule has 1 aromatic heterocycles. The average Bonchev–Trinajstić information content (AvgIpc) is 3.07. The van der Waals surface area contributed by atoms with Crippen LogP contribution in [0.2, 0.25) is 0 Å². The van der Waals surface area contributed by atoms with Gasteiger partial charge in [-0.1, -0.05) is 13.0 Å².